The quantitative estimate of drug-likeness (QED) is 0.766. The topological polar surface area (TPSA) is 45.8 Å². The molecule has 5 nitrogen and oxygen atoms in total. The predicted octanol–water partition coefficient (Wildman–Crippen LogP) is 2.19. The minimum absolute atomic E-state index is 0.843. The maximum Gasteiger partial charge on any atom is 0.155 e. The van der Waals surface area contributed by atoms with E-state index in [0.717, 1.165) is 28.3 Å². The van der Waals surface area contributed by atoms with Crippen LogP contribution in [0.25, 0.3) is 11.7 Å². The van der Waals surface area contributed by atoms with Gasteiger partial charge in [-0.05, 0) is 19.9 Å². The van der Waals surface area contributed by atoms with E-state index in [-0.39, 0.29) is 0 Å². The number of rotatable bonds is 1. The fourth-order valence-corrected chi connectivity index (χ4v) is 2.01. The number of hydrazone groups is 1. The van der Waals surface area contributed by atoms with Gasteiger partial charge in [0.2, 0.25) is 0 Å². The first-order valence-electron chi connectivity index (χ1n) is 5.69. The molecule has 0 atom stereocenters. The van der Waals surface area contributed by atoms with Gasteiger partial charge in [-0.15, -0.1) is 0 Å². The van der Waals surface area contributed by atoms with Crippen molar-refractivity contribution in [1.29, 1.82) is 0 Å². The van der Waals surface area contributed by atoms with E-state index < -0.39 is 0 Å². The molecule has 3 heterocycles. The fraction of sp³-hybridized carbons (Fsp3) is 0.154. The lowest BCUT2D eigenvalue weighted by Crippen LogP contribution is -2.07. The molecule has 0 fully saturated rings. The lowest BCUT2D eigenvalue weighted by atomic mass is 10.1. The van der Waals surface area contributed by atoms with Gasteiger partial charge in [0, 0.05) is 30.2 Å². The summed E-state index contributed by atoms with van der Waals surface area (Å²) in [7, 11) is 0. The molecule has 0 saturated heterocycles. The number of aromatic nitrogens is 3. The second-order valence-electron chi connectivity index (χ2n) is 4.18. The Balaban J connectivity index is 2.32. The number of fused-ring (bicyclic) bond motifs is 3. The molecule has 0 amide bonds. The summed E-state index contributed by atoms with van der Waals surface area (Å²) in [5, 5.41) is 10.5. The van der Waals surface area contributed by atoms with E-state index in [4.69, 9.17) is 0 Å². The molecule has 0 aliphatic carbocycles. The number of nitrogens with zero attached hydrogens (tertiary/aromatic N) is 5. The highest BCUT2D eigenvalue weighted by Gasteiger charge is 2.13. The zero-order valence-electron chi connectivity index (χ0n) is 10.3. The highest BCUT2D eigenvalue weighted by Crippen LogP contribution is 2.18. The van der Waals surface area contributed by atoms with Crippen LogP contribution in [0.1, 0.15) is 23.9 Å². The molecule has 0 N–H and O–H groups in total. The van der Waals surface area contributed by atoms with Crippen molar-refractivity contribution in [1.82, 2.24) is 19.6 Å². The maximum absolute atomic E-state index is 4.46. The monoisotopic (exact) mass is 239 g/mol. The molecule has 5 heteroatoms. The molecular weight excluding hydrogens is 226 g/mol. The zero-order chi connectivity index (χ0) is 12.7. The van der Waals surface area contributed by atoms with Crippen molar-refractivity contribution in [3.05, 3.63) is 48.2 Å². The van der Waals surface area contributed by atoms with E-state index in [0.29, 0.717) is 0 Å². The van der Waals surface area contributed by atoms with Gasteiger partial charge in [-0.25, -0.2) is 14.5 Å². The van der Waals surface area contributed by atoms with Crippen LogP contribution in [0.3, 0.4) is 0 Å². The average Bonchev–Trinajstić information content (AvgIpc) is 2.65. The third kappa shape index (κ3) is 1.52. The van der Waals surface area contributed by atoms with Crippen molar-refractivity contribution >= 4 is 17.4 Å². The molecule has 3 rings (SSSR count). The summed E-state index contributed by atoms with van der Waals surface area (Å²) in [6, 6.07) is 1.96. The van der Waals surface area contributed by atoms with E-state index in [2.05, 4.69) is 21.8 Å². The Hall–Kier alpha value is -2.43. The lowest BCUT2D eigenvalue weighted by Gasteiger charge is -2.07. The van der Waals surface area contributed by atoms with E-state index in [1.54, 1.807) is 11.2 Å². The van der Waals surface area contributed by atoms with Crippen LogP contribution in [0.15, 0.2) is 36.3 Å². The Labute approximate surface area is 105 Å². The third-order valence-corrected chi connectivity index (χ3v) is 2.87. The Morgan fingerprint density at radius 1 is 1.33 bits per heavy atom. The molecule has 18 heavy (non-hydrogen) atoms. The van der Waals surface area contributed by atoms with Gasteiger partial charge in [-0.3, -0.25) is 0 Å². The Kier molecular flexibility index (Phi) is 2.26. The van der Waals surface area contributed by atoms with E-state index in [1.165, 1.54) is 0 Å². The van der Waals surface area contributed by atoms with Gasteiger partial charge in [-0.2, -0.15) is 10.2 Å². The Morgan fingerprint density at radius 2 is 2.17 bits per heavy atom. The fourth-order valence-electron chi connectivity index (χ4n) is 2.01. The van der Waals surface area contributed by atoms with Crippen LogP contribution in [-0.4, -0.2) is 25.3 Å². The van der Waals surface area contributed by atoms with Gasteiger partial charge in [0.15, 0.2) is 5.65 Å². The molecule has 1 aliphatic rings. The number of hydrogen-bond donors (Lipinski definition) is 0. The minimum atomic E-state index is 0.843. The van der Waals surface area contributed by atoms with Gasteiger partial charge < -0.3 is 0 Å². The van der Waals surface area contributed by atoms with Crippen LogP contribution in [-0.2, 0) is 0 Å². The van der Waals surface area contributed by atoms with E-state index >= 15 is 0 Å². The Bertz CT molecular complexity index is 693. The summed E-state index contributed by atoms with van der Waals surface area (Å²) < 4.78 is 1.84. The van der Waals surface area contributed by atoms with Crippen LogP contribution in [0.4, 0.5) is 0 Å². The first-order valence-corrected chi connectivity index (χ1v) is 5.69. The molecule has 0 unspecified atom stereocenters. The van der Waals surface area contributed by atoms with Crippen LogP contribution in [0, 0.1) is 6.92 Å². The molecule has 0 aromatic carbocycles. The first-order chi connectivity index (χ1) is 8.69. The molecular formula is C13H13N5. The summed E-state index contributed by atoms with van der Waals surface area (Å²) in [6.07, 6.45) is 7.32. The molecule has 2 aromatic heterocycles. The summed E-state index contributed by atoms with van der Waals surface area (Å²) in [6.45, 7) is 7.63. The van der Waals surface area contributed by atoms with Crippen LogP contribution in [0.2, 0.25) is 0 Å². The van der Waals surface area contributed by atoms with Crippen molar-refractivity contribution in [2.45, 2.75) is 13.8 Å². The molecule has 2 aromatic rings. The van der Waals surface area contributed by atoms with Gasteiger partial charge in [-0.1, -0.05) is 6.58 Å². The largest absolute Gasteiger partial charge is 0.249 e. The normalized spacial score (nSPS) is 14.3. The molecule has 1 aliphatic heterocycles. The Morgan fingerprint density at radius 3 is 2.94 bits per heavy atom. The van der Waals surface area contributed by atoms with Crippen LogP contribution in [0.5, 0.6) is 0 Å². The second-order valence-corrected chi connectivity index (χ2v) is 4.18. The molecule has 0 radical (unpaired) electrons. The average molecular weight is 239 g/mol. The number of hydrogen-bond acceptors (Lipinski definition) is 4. The standard InChI is InChI=1S/C13H13N5/c1-4-17-6-5-12-11(10(3)16-17)8-14-13-7-9(2)15-18(12)13/h4-8H,1H2,2-3H3. The summed E-state index contributed by atoms with van der Waals surface area (Å²) >= 11 is 0. The van der Waals surface area contributed by atoms with Crippen LogP contribution < -0.4 is 0 Å². The van der Waals surface area contributed by atoms with Gasteiger partial charge in [0.25, 0.3) is 0 Å². The van der Waals surface area contributed by atoms with Crippen molar-refractivity contribution in [3.63, 3.8) is 0 Å². The molecule has 0 spiro atoms. The minimum Gasteiger partial charge on any atom is -0.249 e. The summed E-state index contributed by atoms with van der Waals surface area (Å²) in [5.41, 5.74) is 4.64. The molecule has 0 bridgehead atoms. The van der Waals surface area contributed by atoms with Gasteiger partial charge >= 0.3 is 0 Å². The van der Waals surface area contributed by atoms with Crippen molar-refractivity contribution in [2.24, 2.45) is 5.10 Å². The van der Waals surface area contributed by atoms with E-state index in [1.807, 2.05) is 42.9 Å². The first kappa shape index (κ1) is 10.7. The van der Waals surface area contributed by atoms with Gasteiger partial charge in [0.05, 0.1) is 17.1 Å². The highest BCUT2D eigenvalue weighted by atomic mass is 15.4. The smallest absolute Gasteiger partial charge is 0.155 e. The SMILES string of the molecule is C=CN1C=Cc2c(cnc3cc(C)nn23)C(C)=N1. The molecule has 90 valence electrons. The molecule has 0 saturated carbocycles. The summed E-state index contributed by atoms with van der Waals surface area (Å²) in [5.74, 6) is 0. The highest BCUT2D eigenvalue weighted by molar-refractivity contribution is 6.01. The number of aryl methyl sites for hydroxylation is 1. The maximum atomic E-state index is 4.46. The lowest BCUT2D eigenvalue weighted by molar-refractivity contribution is 0.552. The second kappa shape index (κ2) is 3.80. The predicted molar refractivity (Wildman–Crippen MR) is 71.0 cm³/mol. The zero-order valence-corrected chi connectivity index (χ0v) is 10.3. The van der Waals surface area contributed by atoms with Crippen molar-refractivity contribution in [3.8, 4) is 0 Å². The van der Waals surface area contributed by atoms with Crippen molar-refractivity contribution in [2.75, 3.05) is 0 Å². The third-order valence-electron chi connectivity index (χ3n) is 2.87. The van der Waals surface area contributed by atoms with Crippen LogP contribution >= 0.6 is 0 Å². The summed E-state index contributed by atoms with van der Waals surface area (Å²) in [4.78, 5) is 4.40. The van der Waals surface area contributed by atoms with E-state index in [9.17, 15) is 0 Å². The van der Waals surface area contributed by atoms with Crippen molar-refractivity contribution < 1.29 is 0 Å². The van der Waals surface area contributed by atoms with Gasteiger partial charge in [0.1, 0.15) is 0 Å².